The van der Waals surface area contributed by atoms with Crippen LogP contribution in [0.4, 0.5) is 4.39 Å². The number of halogens is 1. The van der Waals surface area contributed by atoms with Gasteiger partial charge in [0, 0.05) is 29.2 Å². The highest BCUT2D eigenvalue weighted by molar-refractivity contribution is 7.15. The van der Waals surface area contributed by atoms with Crippen molar-refractivity contribution in [2.45, 2.75) is 45.8 Å². The molecule has 1 fully saturated rings. The van der Waals surface area contributed by atoms with E-state index in [-0.39, 0.29) is 25.5 Å². The van der Waals surface area contributed by atoms with E-state index in [1.165, 1.54) is 28.1 Å². The van der Waals surface area contributed by atoms with Gasteiger partial charge in [-0.05, 0) is 59.9 Å². The van der Waals surface area contributed by atoms with Crippen molar-refractivity contribution in [3.63, 3.8) is 0 Å². The Balaban J connectivity index is 0.00000225. The van der Waals surface area contributed by atoms with Crippen LogP contribution < -0.4 is 0 Å². The first-order valence-electron chi connectivity index (χ1n) is 9.32. The molecule has 0 saturated carbocycles. The van der Waals surface area contributed by atoms with Gasteiger partial charge in [-0.15, -0.1) is 11.3 Å². The molecule has 2 nitrogen and oxygen atoms in total. The molecule has 0 bridgehead atoms. The summed E-state index contributed by atoms with van der Waals surface area (Å²) < 4.78 is 19.0. The van der Waals surface area contributed by atoms with Gasteiger partial charge in [-0.3, -0.25) is 0 Å². The minimum Gasteiger partial charge on any atom is -0.393 e. The molecule has 4 heteroatoms. The Kier molecular flexibility index (Phi) is 6.65. The van der Waals surface area contributed by atoms with E-state index >= 15 is 0 Å². The fourth-order valence-corrected chi connectivity index (χ4v) is 4.56. The van der Waals surface area contributed by atoms with Crippen molar-refractivity contribution in [2.75, 3.05) is 6.61 Å². The minimum atomic E-state index is -0.274. The van der Waals surface area contributed by atoms with E-state index in [4.69, 9.17) is 4.74 Å². The zero-order chi connectivity index (χ0) is 18.8. The second kappa shape index (κ2) is 8.99. The van der Waals surface area contributed by atoms with Crippen molar-refractivity contribution in [1.29, 1.82) is 0 Å². The third-order valence-electron chi connectivity index (χ3n) is 5.16. The Labute approximate surface area is 170 Å². The summed E-state index contributed by atoms with van der Waals surface area (Å²) in [5, 5.41) is 9.93. The topological polar surface area (TPSA) is 29.5 Å². The van der Waals surface area contributed by atoms with Crippen LogP contribution in [-0.4, -0.2) is 17.8 Å². The van der Waals surface area contributed by atoms with Crippen molar-refractivity contribution in [3.8, 4) is 10.4 Å². The SMILES string of the molecule is C.Cc1ccc([C@H]2C[C@@H](O)CCO2)cc1Cc1ccc(-c2ccc(F)cc2)s1. The van der Waals surface area contributed by atoms with Crippen molar-refractivity contribution >= 4 is 11.3 Å². The number of hydrogen-bond donors (Lipinski definition) is 1. The first-order chi connectivity index (χ1) is 13.1. The van der Waals surface area contributed by atoms with Gasteiger partial charge >= 0.3 is 0 Å². The third kappa shape index (κ3) is 4.69. The molecule has 0 spiro atoms. The Hall–Kier alpha value is -2.01. The molecule has 2 aromatic carbocycles. The third-order valence-corrected chi connectivity index (χ3v) is 6.29. The Bertz CT molecular complexity index is 917. The average Bonchev–Trinajstić information content (AvgIpc) is 3.13. The first kappa shape index (κ1) is 20.7. The van der Waals surface area contributed by atoms with Crippen LogP contribution in [0.25, 0.3) is 10.4 Å². The van der Waals surface area contributed by atoms with E-state index in [0.717, 1.165) is 28.8 Å². The summed E-state index contributed by atoms with van der Waals surface area (Å²) in [5.41, 5.74) is 4.72. The van der Waals surface area contributed by atoms with Crippen molar-refractivity contribution < 1.29 is 14.2 Å². The van der Waals surface area contributed by atoms with Crippen molar-refractivity contribution in [2.24, 2.45) is 0 Å². The molecule has 0 amide bonds. The predicted molar refractivity (Wildman–Crippen MR) is 114 cm³/mol. The van der Waals surface area contributed by atoms with Crippen LogP contribution in [0.2, 0.25) is 0 Å². The average molecular weight is 399 g/mol. The monoisotopic (exact) mass is 398 g/mol. The molecule has 2 heterocycles. The summed E-state index contributed by atoms with van der Waals surface area (Å²) in [6.45, 7) is 2.74. The van der Waals surface area contributed by atoms with Crippen LogP contribution in [0.3, 0.4) is 0 Å². The number of rotatable bonds is 4. The smallest absolute Gasteiger partial charge is 0.123 e. The van der Waals surface area contributed by atoms with E-state index in [1.54, 1.807) is 11.3 Å². The van der Waals surface area contributed by atoms with Crippen molar-refractivity contribution in [1.82, 2.24) is 0 Å². The van der Waals surface area contributed by atoms with Gasteiger partial charge in [-0.1, -0.05) is 37.8 Å². The molecule has 4 rings (SSSR count). The van der Waals surface area contributed by atoms with Crippen LogP contribution >= 0.6 is 11.3 Å². The molecule has 3 aromatic rings. The zero-order valence-corrected chi connectivity index (χ0v) is 16.1. The van der Waals surface area contributed by atoms with Gasteiger partial charge in [0.25, 0.3) is 0 Å². The number of aliphatic hydroxyl groups excluding tert-OH is 1. The molecule has 0 radical (unpaired) electrons. The lowest BCUT2D eigenvalue weighted by atomic mass is 9.95. The van der Waals surface area contributed by atoms with Crippen LogP contribution in [-0.2, 0) is 11.2 Å². The first-order valence-corrected chi connectivity index (χ1v) is 10.1. The second-order valence-corrected chi connectivity index (χ2v) is 8.34. The fourth-order valence-electron chi connectivity index (χ4n) is 3.52. The number of aryl methyl sites for hydroxylation is 1. The van der Waals surface area contributed by atoms with Gasteiger partial charge in [0.05, 0.1) is 12.2 Å². The summed E-state index contributed by atoms with van der Waals surface area (Å²) in [6.07, 6.45) is 1.95. The summed E-state index contributed by atoms with van der Waals surface area (Å²) in [5.74, 6) is -0.210. The molecule has 0 aliphatic carbocycles. The predicted octanol–water partition coefficient (Wildman–Crippen LogP) is 6.30. The summed E-state index contributed by atoms with van der Waals surface area (Å²) >= 11 is 1.74. The maximum Gasteiger partial charge on any atom is 0.123 e. The zero-order valence-electron chi connectivity index (χ0n) is 15.3. The normalized spacial score (nSPS) is 19.2. The Morgan fingerprint density at radius 3 is 2.64 bits per heavy atom. The molecule has 2 atom stereocenters. The number of aliphatic hydroxyl groups is 1. The minimum absolute atomic E-state index is 0. The molecule has 1 N–H and O–H groups in total. The van der Waals surface area contributed by atoms with E-state index in [2.05, 4.69) is 37.3 Å². The standard InChI is InChI=1S/C23H23FO2S.CH4/c1-15-2-3-17(22-14-20(25)10-11-26-22)12-18(15)13-21-8-9-23(27-21)16-4-6-19(24)7-5-16;/h2-9,12,20,22,25H,10-11,13-14H2,1H3;1H4/t20-,22+;/m0./s1. The van der Waals surface area contributed by atoms with Gasteiger partial charge in [-0.25, -0.2) is 4.39 Å². The molecular weight excluding hydrogens is 371 g/mol. The molecule has 148 valence electrons. The number of ether oxygens (including phenoxy) is 1. The summed E-state index contributed by atoms with van der Waals surface area (Å²) in [6, 6.07) is 17.4. The fraction of sp³-hybridized carbons (Fsp3) is 0.333. The maximum atomic E-state index is 13.1. The Morgan fingerprint density at radius 1 is 1.11 bits per heavy atom. The van der Waals surface area contributed by atoms with Gasteiger partial charge < -0.3 is 9.84 Å². The largest absolute Gasteiger partial charge is 0.393 e. The highest BCUT2D eigenvalue weighted by Gasteiger charge is 2.22. The molecular formula is C24H27FO2S. The molecule has 1 saturated heterocycles. The molecule has 1 aliphatic rings. The lowest BCUT2D eigenvalue weighted by Crippen LogP contribution is -2.23. The number of hydrogen-bond acceptors (Lipinski definition) is 3. The lowest BCUT2D eigenvalue weighted by molar-refractivity contribution is -0.0448. The lowest BCUT2D eigenvalue weighted by Gasteiger charge is -2.27. The van der Waals surface area contributed by atoms with Crippen LogP contribution in [0.5, 0.6) is 0 Å². The highest BCUT2D eigenvalue weighted by atomic mass is 32.1. The summed E-state index contributed by atoms with van der Waals surface area (Å²) in [7, 11) is 0. The highest BCUT2D eigenvalue weighted by Crippen LogP contribution is 2.32. The summed E-state index contributed by atoms with van der Waals surface area (Å²) in [4.78, 5) is 2.43. The number of thiophene rings is 1. The maximum absolute atomic E-state index is 13.1. The Morgan fingerprint density at radius 2 is 1.89 bits per heavy atom. The molecule has 1 aliphatic heterocycles. The van der Waals surface area contributed by atoms with Crippen LogP contribution in [0.15, 0.2) is 54.6 Å². The van der Waals surface area contributed by atoms with Crippen LogP contribution in [0, 0.1) is 12.7 Å². The van der Waals surface area contributed by atoms with E-state index in [9.17, 15) is 9.50 Å². The van der Waals surface area contributed by atoms with E-state index in [0.29, 0.717) is 13.0 Å². The molecule has 0 unspecified atom stereocenters. The van der Waals surface area contributed by atoms with E-state index in [1.807, 2.05) is 12.1 Å². The van der Waals surface area contributed by atoms with Crippen molar-refractivity contribution in [3.05, 3.63) is 82.0 Å². The van der Waals surface area contributed by atoms with Gasteiger partial charge in [-0.2, -0.15) is 0 Å². The molecule has 28 heavy (non-hydrogen) atoms. The number of benzene rings is 2. The van der Waals surface area contributed by atoms with Crippen LogP contribution in [0.1, 0.15) is 47.9 Å². The van der Waals surface area contributed by atoms with Gasteiger partial charge in [0.15, 0.2) is 0 Å². The van der Waals surface area contributed by atoms with E-state index < -0.39 is 0 Å². The quantitative estimate of drug-likeness (QED) is 0.559. The van der Waals surface area contributed by atoms with Gasteiger partial charge in [0.1, 0.15) is 5.82 Å². The second-order valence-electron chi connectivity index (χ2n) is 7.17. The molecule has 1 aromatic heterocycles. The van der Waals surface area contributed by atoms with Gasteiger partial charge in [0.2, 0.25) is 0 Å².